The first-order valence-corrected chi connectivity index (χ1v) is 6.89. The number of rotatable bonds is 3. The Morgan fingerprint density at radius 2 is 1.95 bits per heavy atom. The fourth-order valence-electron chi connectivity index (χ4n) is 2.50. The summed E-state index contributed by atoms with van der Waals surface area (Å²) in [6.07, 6.45) is 6.16. The van der Waals surface area contributed by atoms with Crippen molar-refractivity contribution in [3.63, 3.8) is 0 Å². The molecule has 3 aromatic rings. The minimum atomic E-state index is -0.822. The fourth-order valence-corrected chi connectivity index (χ4v) is 2.50. The van der Waals surface area contributed by atoms with Crippen molar-refractivity contribution in [3.05, 3.63) is 53.6 Å². The van der Waals surface area contributed by atoms with Crippen LogP contribution in [0.3, 0.4) is 0 Å². The van der Waals surface area contributed by atoms with Gasteiger partial charge in [-0.05, 0) is 25.0 Å². The Morgan fingerprint density at radius 3 is 2.71 bits per heavy atom. The second-order valence-corrected chi connectivity index (χ2v) is 5.00. The summed E-state index contributed by atoms with van der Waals surface area (Å²) in [7, 11) is 0. The zero-order valence-electron chi connectivity index (χ0n) is 11.9. The van der Waals surface area contributed by atoms with Crippen molar-refractivity contribution in [3.8, 4) is 11.3 Å². The van der Waals surface area contributed by atoms with Gasteiger partial charge in [-0.25, -0.2) is 13.8 Å². The summed E-state index contributed by atoms with van der Waals surface area (Å²) in [5.74, 6) is -1.59. The molecule has 3 rings (SSSR count). The molecule has 0 amide bonds. The van der Waals surface area contributed by atoms with E-state index in [1.165, 1.54) is 0 Å². The van der Waals surface area contributed by atoms with Crippen LogP contribution in [0.25, 0.3) is 16.9 Å². The van der Waals surface area contributed by atoms with Crippen LogP contribution >= 0.6 is 0 Å². The van der Waals surface area contributed by atoms with Gasteiger partial charge in [-0.3, -0.25) is 9.38 Å². The highest BCUT2D eigenvalue weighted by atomic mass is 19.2. The summed E-state index contributed by atoms with van der Waals surface area (Å²) in [6.45, 7) is 3.76. The Morgan fingerprint density at radius 1 is 1.14 bits per heavy atom. The number of fused-ring (bicyclic) bond motifs is 1. The van der Waals surface area contributed by atoms with Gasteiger partial charge in [0.25, 0.3) is 0 Å². The van der Waals surface area contributed by atoms with Crippen LogP contribution in [0.2, 0.25) is 0 Å². The van der Waals surface area contributed by atoms with Gasteiger partial charge in [0.05, 0.1) is 17.6 Å². The topological polar surface area (TPSA) is 30.2 Å². The lowest BCUT2D eigenvalue weighted by Gasteiger charge is -2.08. The standard InChI is InChI=1S/C16H15F2N3/c1-3-4-11-5-6-12(15(18)14(11)17)13-9-20-16-10(2)19-7-8-21(13)16/h5-9H,3-4H2,1-2H3. The quantitative estimate of drug-likeness (QED) is 0.730. The van der Waals surface area contributed by atoms with Gasteiger partial charge < -0.3 is 0 Å². The summed E-state index contributed by atoms with van der Waals surface area (Å²) in [5, 5.41) is 0. The van der Waals surface area contributed by atoms with Crippen LogP contribution in [-0.2, 0) is 6.42 Å². The van der Waals surface area contributed by atoms with E-state index in [2.05, 4.69) is 9.97 Å². The highest BCUT2D eigenvalue weighted by Crippen LogP contribution is 2.27. The summed E-state index contributed by atoms with van der Waals surface area (Å²) >= 11 is 0. The molecule has 0 saturated heterocycles. The van der Waals surface area contributed by atoms with Crippen molar-refractivity contribution in [1.29, 1.82) is 0 Å². The van der Waals surface area contributed by atoms with Crippen LogP contribution in [0.15, 0.2) is 30.7 Å². The Labute approximate surface area is 121 Å². The van der Waals surface area contributed by atoms with E-state index in [1.807, 2.05) is 13.8 Å². The molecule has 0 aliphatic rings. The molecular formula is C16H15F2N3. The molecule has 0 N–H and O–H groups in total. The van der Waals surface area contributed by atoms with Crippen LogP contribution in [0.4, 0.5) is 8.78 Å². The first kappa shape index (κ1) is 13.7. The number of imidazole rings is 1. The van der Waals surface area contributed by atoms with E-state index in [4.69, 9.17) is 0 Å². The molecular weight excluding hydrogens is 272 g/mol. The van der Waals surface area contributed by atoms with E-state index in [1.54, 1.807) is 35.1 Å². The molecule has 1 aromatic carbocycles. The molecule has 2 heterocycles. The van der Waals surface area contributed by atoms with Crippen molar-refractivity contribution in [2.45, 2.75) is 26.7 Å². The summed E-state index contributed by atoms with van der Waals surface area (Å²) in [4.78, 5) is 8.38. The van der Waals surface area contributed by atoms with Crippen LogP contribution in [-0.4, -0.2) is 14.4 Å². The van der Waals surface area contributed by atoms with Crippen LogP contribution < -0.4 is 0 Å². The molecule has 3 nitrogen and oxygen atoms in total. The highest BCUT2D eigenvalue weighted by Gasteiger charge is 2.17. The van der Waals surface area contributed by atoms with Crippen LogP contribution in [0.1, 0.15) is 24.6 Å². The van der Waals surface area contributed by atoms with E-state index in [-0.39, 0.29) is 5.56 Å². The maximum Gasteiger partial charge on any atom is 0.168 e. The normalized spacial score (nSPS) is 11.2. The second-order valence-electron chi connectivity index (χ2n) is 5.00. The molecule has 5 heteroatoms. The molecule has 0 aliphatic carbocycles. The van der Waals surface area contributed by atoms with Crippen molar-refractivity contribution in [2.75, 3.05) is 0 Å². The number of benzene rings is 1. The molecule has 0 atom stereocenters. The molecule has 0 bridgehead atoms. The van der Waals surface area contributed by atoms with Gasteiger partial charge in [0, 0.05) is 18.0 Å². The van der Waals surface area contributed by atoms with Gasteiger partial charge >= 0.3 is 0 Å². The summed E-state index contributed by atoms with van der Waals surface area (Å²) < 4.78 is 30.2. The Bertz CT molecular complexity index is 809. The predicted molar refractivity (Wildman–Crippen MR) is 77.1 cm³/mol. The van der Waals surface area contributed by atoms with Crippen molar-refractivity contribution >= 4 is 5.65 Å². The van der Waals surface area contributed by atoms with E-state index in [0.717, 1.165) is 12.1 Å². The first-order valence-electron chi connectivity index (χ1n) is 6.89. The minimum Gasteiger partial charge on any atom is -0.297 e. The summed E-state index contributed by atoms with van der Waals surface area (Å²) in [6, 6.07) is 3.26. The Kier molecular flexibility index (Phi) is 3.41. The first-order chi connectivity index (χ1) is 10.1. The zero-order valence-corrected chi connectivity index (χ0v) is 11.9. The van der Waals surface area contributed by atoms with Crippen LogP contribution in [0, 0.1) is 18.6 Å². The fraction of sp³-hybridized carbons (Fsp3) is 0.250. The average molecular weight is 287 g/mol. The van der Waals surface area contributed by atoms with E-state index >= 15 is 0 Å². The molecule has 0 fully saturated rings. The molecule has 21 heavy (non-hydrogen) atoms. The third-order valence-corrected chi connectivity index (χ3v) is 3.56. The van der Waals surface area contributed by atoms with Gasteiger partial charge in [0.2, 0.25) is 0 Å². The number of nitrogens with zero attached hydrogens (tertiary/aromatic N) is 3. The monoisotopic (exact) mass is 287 g/mol. The second kappa shape index (κ2) is 5.24. The molecule has 0 unspecified atom stereocenters. The number of halogens is 2. The Balaban J connectivity index is 2.19. The van der Waals surface area contributed by atoms with E-state index in [0.29, 0.717) is 23.3 Å². The van der Waals surface area contributed by atoms with Crippen molar-refractivity contribution in [1.82, 2.24) is 14.4 Å². The Hall–Kier alpha value is -2.30. The van der Waals surface area contributed by atoms with Gasteiger partial charge in [-0.2, -0.15) is 0 Å². The number of hydrogen-bond donors (Lipinski definition) is 0. The molecule has 0 saturated carbocycles. The van der Waals surface area contributed by atoms with E-state index < -0.39 is 11.6 Å². The molecule has 0 aliphatic heterocycles. The predicted octanol–water partition coefficient (Wildman–Crippen LogP) is 3.94. The minimum absolute atomic E-state index is 0.213. The largest absolute Gasteiger partial charge is 0.297 e. The number of hydrogen-bond acceptors (Lipinski definition) is 2. The molecule has 108 valence electrons. The molecule has 0 radical (unpaired) electrons. The third kappa shape index (κ3) is 2.18. The zero-order chi connectivity index (χ0) is 15.0. The smallest absolute Gasteiger partial charge is 0.168 e. The highest BCUT2D eigenvalue weighted by molar-refractivity contribution is 5.65. The lowest BCUT2D eigenvalue weighted by molar-refractivity contribution is 0.500. The average Bonchev–Trinajstić information content (AvgIpc) is 2.90. The lowest BCUT2D eigenvalue weighted by Crippen LogP contribution is -1.99. The van der Waals surface area contributed by atoms with Gasteiger partial charge in [0.15, 0.2) is 17.3 Å². The maximum atomic E-state index is 14.3. The van der Waals surface area contributed by atoms with E-state index in [9.17, 15) is 8.78 Å². The third-order valence-electron chi connectivity index (χ3n) is 3.56. The number of aromatic nitrogens is 3. The lowest BCUT2D eigenvalue weighted by atomic mass is 10.0. The molecule has 0 spiro atoms. The van der Waals surface area contributed by atoms with Crippen LogP contribution in [0.5, 0.6) is 0 Å². The maximum absolute atomic E-state index is 14.3. The number of aryl methyl sites for hydroxylation is 2. The van der Waals surface area contributed by atoms with Crippen molar-refractivity contribution < 1.29 is 8.78 Å². The summed E-state index contributed by atoms with van der Waals surface area (Å²) in [5.41, 5.74) is 2.53. The van der Waals surface area contributed by atoms with Crippen molar-refractivity contribution in [2.24, 2.45) is 0 Å². The van der Waals surface area contributed by atoms with Gasteiger partial charge in [-0.15, -0.1) is 0 Å². The van der Waals surface area contributed by atoms with Gasteiger partial charge in [-0.1, -0.05) is 19.4 Å². The molecule has 2 aromatic heterocycles. The SMILES string of the molecule is CCCc1ccc(-c2cnc3c(C)nccn23)c(F)c1F. The van der Waals surface area contributed by atoms with Gasteiger partial charge in [0.1, 0.15) is 0 Å².